The van der Waals surface area contributed by atoms with E-state index in [1.54, 1.807) is 6.92 Å². The monoisotopic (exact) mass is 246 g/mol. The Morgan fingerprint density at radius 3 is 2.44 bits per heavy atom. The Balaban J connectivity index is 2.97. The Bertz CT molecular complexity index is 671. The largest absolute Gasteiger partial charge is 0.357 e. The van der Waals surface area contributed by atoms with Gasteiger partial charge in [-0.15, -0.1) is 0 Å². The Morgan fingerprint density at radius 2 is 1.94 bits per heavy atom. The molecule has 5 heteroatoms. The number of aromatic amines is 1. The van der Waals surface area contributed by atoms with Gasteiger partial charge in [0, 0.05) is 5.69 Å². The summed E-state index contributed by atoms with van der Waals surface area (Å²) in [7, 11) is 0. The SMILES string of the molecule is Cc1[nH]c2c(C)c(C#N)c(C(C)(N)F)nc2c1C. The molecule has 4 nitrogen and oxygen atoms in total. The molecule has 0 aromatic carbocycles. The number of rotatable bonds is 1. The number of hydrogen-bond acceptors (Lipinski definition) is 3. The number of nitrogens with one attached hydrogen (secondary N) is 1. The molecule has 18 heavy (non-hydrogen) atoms. The molecule has 0 spiro atoms. The summed E-state index contributed by atoms with van der Waals surface area (Å²) < 4.78 is 14.0. The van der Waals surface area contributed by atoms with E-state index in [1.165, 1.54) is 6.92 Å². The van der Waals surface area contributed by atoms with E-state index in [-0.39, 0.29) is 11.3 Å². The Labute approximate surface area is 105 Å². The predicted molar refractivity (Wildman–Crippen MR) is 67.7 cm³/mol. The van der Waals surface area contributed by atoms with Gasteiger partial charge in [0.2, 0.25) is 0 Å². The number of pyridine rings is 1. The van der Waals surface area contributed by atoms with E-state index in [9.17, 15) is 9.65 Å². The normalized spacial score (nSPS) is 14.5. The van der Waals surface area contributed by atoms with Crippen LogP contribution in [0.5, 0.6) is 0 Å². The topological polar surface area (TPSA) is 78.5 Å². The molecular formula is C13H15FN4. The van der Waals surface area contributed by atoms with Gasteiger partial charge < -0.3 is 4.98 Å². The lowest BCUT2D eigenvalue weighted by Gasteiger charge is -2.16. The second-order valence-corrected chi connectivity index (χ2v) is 4.75. The van der Waals surface area contributed by atoms with E-state index in [4.69, 9.17) is 5.73 Å². The third-order valence-electron chi connectivity index (χ3n) is 3.25. The van der Waals surface area contributed by atoms with Crippen LogP contribution < -0.4 is 5.73 Å². The van der Waals surface area contributed by atoms with Gasteiger partial charge in [0.1, 0.15) is 11.8 Å². The summed E-state index contributed by atoms with van der Waals surface area (Å²) in [6.07, 6.45) is 0. The summed E-state index contributed by atoms with van der Waals surface area (Å²) in [5, 5.41) is 9.17. The molecule has 0 radical (unpaired) electrons. The van der Waals surface area contributed by atoms with Crippen LogP contribution in [0.1, 0.15) is 35.0 Å². The van der Waals surface area contributed by atoms with Crippen LogP contribution >= 0.6 is 0 Å². The second-order valence-electron chi connectivity index (χ2n) is 4.75. The number of alkyl halides is 1. The number of aromatic nitrogens is 2. The lowest BCUT2D eigenvalue weighted by molar-refractivity contribution is 0.196. The van der Waals surface area contributed by atoms with Crippen LogP contribution in [0.3, 0.4) is 0 Å². The molecule has 2 heterocycles. The van der Waals surface area contributed by atoms with Gasteiger partial charge in [-0.25, -0.2) is 9.37 Å². The molecule has 0 aliphatic carbocycles. The van der Waals surface area contributed by atoms with E-state index in [2.05, 4.69) is 9.97 Å². The summed E-state index contributed by atoms with van der Waals surface area (Å²) >= 11 is 0. The maximum atomic E-state index is 14.0. The summed E-state index contributed by atoms with van der Waals surface area (Å²) in [5.74, 6) is -2.12. The molecule has 94 valence electrons. The summed E-state index contributed by atoms with van der Waals surface area (Å²) in [6, 6.07) is 1.99. The van der Waals surface area contributed by atoms with Crippen molar-refractivity contribution >= 4 is 11.0 Å². The molecule has 3 N–H and O–H groups in total. The number of hydrogen-bond donors (Lipinski definition) is 2. The van der Waals surface area contributed by atoms with Crippen LogP contribution in [0.25, 0.3) is 11.0 Å². The number of halogens is 1. The minimum absolute atomic E-state index is 0.00269. The first kappa shape index (κ1) is 12.5. The van der Waals surface area contributed by atoms with E-state index < -0.39 is 5.79 Å². The quantitative estimate of drug-likeness (QED) is 0.758. The summed E-state index contributed by atoms with van der Waals surface area (Å²) in [4.78, 5) is 7.42. The molecule has 0 saturated heterocycles. The fraction of sp³-hybridized carbons (Fsp3) is 0.385. The smallest absolute Gasteiger partial charge is 0.200 e. The molecule has 2 aromatic heterocycles. The van der Waals surface area contributed by atoms with Crippen molar-refractivity contribution in [2.75, 3.05) is 0 Å². The molecule has 0 aliphatic heterocycles. The van der Waals surface area contributed by atoms with Crippen molar-refractivity contribution in [3.63, 3.8) is 0 Å². The molecule has 1 unspecified atom stereocenters. The number of nitrogens with two attached hydrogens (primary N) is 1. The molecule has 0 bridgehead atoms. The number of aryl methyl sites for hydroxylation is 3. The van der Waals surface area contributed by atoms with Crippen LogP contribution in [0.4, 0.5) is 4.39 Å². The minimum atomic E-state index is -2.12. The molecule has 2 aromatic rings. The van der Waals surface area contributed by atoms with Crippen LogP contribution in [-0.2, 0) is 5.79 Å². The lowest BCUT2D eigenvalue weighted by Crippen LogP contribution is -2.30. The van der Waals surface area contributed by atoms with Gasteiger partial charge in [0.25, 0.3) is 0 Å². The first-order valence-corrected chi connectivity index (χ1v) is 5.65. The molecule has 1 atom stereocenters. The van der Waals surface area contributed by atoms with E-state index >= 15 is 0 Å². The second kappa shape index (κ2) is 3.79. The zero-order valence-corrected chi connectivity index (χ0v) is 10.8. The molecular weight excluding hydrogens is 231 g/mol. The maximum absolute atomic E-state index is 14.0. The number of nitriles is 1. The van der Waals surface area contributed by atoms with Crippen molar-refractivity contribution in [1.82, 2.24) is 9.97 Å². The van der Waals surface area contributed by atoms with Crippen LogP contribution in [0.2, 0.25) is 0 Å². The molecule has 0 aliphatic rings. The lowest BCUT2D eigenvalue weighted by atomic mass is 10.0. The zero-order chi connectivity index (χ0) is 13.7. The highest BCUT2D eigenvalue weighted by Gasteiger charge is 2.28. The van der Waals surface area contributed by atoms with Gasteiger partial charge in [-0.05, 0) is 38.8 Å². The predicted octanol–water partition coefficient (Wildman–Crippen LogP) is 2.46. The Kier molecular flexibility index (Phi) is 2.63. The van der Waals surface area contributed by atoms with Crippen LogP contribution in [0, 0.1) is 32.1 Å². The zero-order valence-electron chi connectivity index (χ0n) is 10.8. The van der Waals surface area contributed by atoms with E-state index in [0.717, 1.165) is 16.8 Å². The standard InChI is InChI=1S/C13H15FN4/c1-6-8(3)17-11-7(2)9(5-15)12(13(4,14)16)18-10(6)11/h17H,16H2,1-4H3. The minimum Gasteiger partial charge on any atom is -0.357 e. The Morgan fingerprint density at radius 1 is 1.33 bits per heavy atom. The summed E-state index contributed by atoms with van der Waals surface area (Å²) in [5.41, 5.74) is 9.70. The van der Waals surface area contributed by atoms with Crippen LogP contribution in [-0.4, -0.2) is 9.97 Å². The third-order valence-corrected chi connectivity index (χ3v) is 3.25. The summed E-state index contributed by atoms with van der Waals surface area (Å²) in [6.45, 7) is 6.80. The highest BCUT2D eigenvalue weighted by Crippen LogP contribution is 2.30. The average Bonchev–Trinajstić information content (AvgIpc) is 2.55. The number of fused-ring (bicyclic) bond motifs is 1. The van der Waals surface area contributed by atoms with Crippen molar-refractivity contribution in [2.45, 2.75) is 33.5 Å². The number of nitrogens with zero attached hydrogens (tertiary/aromatic N) is 2. The fourth-order valence-electron chi connectivity index (χ4n) is 2.08. The Hall–Kier alpha value is -1.93. The van der Waals surface area contributed by atoms with Gasteiger partial charge >= 0.3 is 0 Å². The van der Waals surface area contributed by atoms with Gasteiger partial charge in [0.05, 0.1) is 16.6 Å². The van der Waals surface area contributed by atoms with Gasteiger partial charge in [-0.1, -0.05) is 0 Å². The maximum Gasteiger partial charge on any atom is 0.200 e. The average molecular weight is 246 g/mol. The third kappa shape index (κ3) is 1.66. The van der Waals surface area contributed by atoms with Gasteiger partial charge in [-0.3, -0.25) is 5.73 Å². The van der Waals surface area contributed by atoms with E-state index in [1.807, 2.05) is 19.9 Å². The molecule has 2 rings (SSSR count). The highest BCUT2D eigenvalue weighted by atomic mass is 19.1. The molecule has 0 fully saturated rings. The van der Waals surface area contributed by atoms with Crippen molar-refractivity contribution in [3.8, 4) is 6.07 Å². The highest BCUT2D eigenvalue weighted by molar-refractivity contribution is 5.85. The van der Waals surface area contributed by atoms with Gasteiger partial charge in [-0.2, -0.15) is 5.26 Å². The van der Waals surface area contributed by atoms with Crippen molar-refractivity contribution < 1.29 is 4.39 Å². The van der Waals surface area contributed by atoms with E-state index in [0.29, 0.717) is 11.1 Å². The number of H-pyrrole nitrogens is 1. The first-order valence-electron chi connectivity index (χ1n) is 5.65. The van der Waals surface area contributed by atoms with Crippen LogP contribution in [0.15, 0.2) is 0 Å². The van der Waals surface area contributed by atoms with Gasteiger partial charge in [0.15, 0.2) is 5.79 Å². The van der Waals surface area contributed by atoms with Crippen molar-refractivity contribution in [1.29, 1.82) is 5.26 Å². The first-order chi connectivity index (χ1) is 8.27. The van der Waals surface area contributed by atoms with Crippen molar-refractivity contribution in [3.05, 3.63) is 28.1 Å². The molecule has 0 amide bonds. The molecule has 0 saturated carbocycles. The fourth-order valence-corrected chi connectivity index (χ4v) is 2.08. The van der Waals surface area contributed by atoms with Crippen molar-refractivity contribution in [2.24, 2.45) is 5.73 Å².